The molecule has 0 spiro atoms. The van der Waals surface area contributed by atoms with Gasteiger partial charge in [0.05, 0.1) is 43.0 Å². The van der Waals surface area contributed by atoms with Crippen LogP contribution < -0.4 is 33.1 Å². The lowest BCUT2D eigenvalue weighted by Crippen LogP contribution is -3.13. The van der Waals surface area contributed by atoms with Gasteiger partial charge in [-0.2, -0.15) is 0 Å². The number of rotatable bonds is 3. The van der Waals surface area contributed by atoms with Gasteiger partial charge in [0, 0.05) is 29.9 Å². The van der Waals surface area contributed by atoms with Crippen molar-refractivity contribution < 1.29 is 26.8 Å². The number of hydrogen-bond acceptors (Lipinski definition) is 3. The fourth-order valence-corrected chi connectivity index (χ4v) is 4.95. The number of carbonyl (C=O) groups is 1. The fraction of sp³-hybridized carbons (Fsp3) is 0.562. The first-order valence-corrected chi connectivity index (χ1v) is 8.22. The molecule has 4 N–H and O–H groups in total. The summed E-state index contributed by atoms with van der Waals surface area (Å²) in [5.74, 6) is 2.40. The molecular formula is C16H21Cl2N3O2. The minimum Gasteiger partial charge on any atom is -1.00 e. The van der Waals surface area contributed by atoms with Gasteiger partial charge in [0.15, 0.2) is 0 Å². The zero-order valence-electron chi connectivity index (χ0n) is 12.9. The van der Waals surface area contributed by atoms with E-state index in [1.54, 1.807) is 17.0 Å². The lowest BCUT2D eigenvalue weighted by molar-refractivity contribution is -0.902. The number of nitrogen functional groups attached to an aromatic ring is 1. The molecule has 0 aromatic heterocycles. The van der Waals surface area contributed by atoms with E-state index in [9.17, 15) is 4.79 Å². The van der Waals surface area contributed by atoms with Crippen LogP contribution in [0.5, 0.6) is 5.75 Å². The maximum atomic E-state index is 12.7. The van der Waals surface area contributed by atoms with Gasteiger partial charge < -0.3 is 33.1 Å². The largest absolute Gasteiger partial charge is 1.00 e. The van der Waals surface area contributed by atoms with Crippen LogP contribution in [-0.2, 0) is 0 Å². The molecule has 1 aliphatic carbocycles. The van der Waals surface area contributed by atoms with Crippen molar-refractivity contribution in [3.63, 3.8) is 0 Å². The molecule has 5 nitrogen and oxygen atoms in total. The predicted molar refractivity (Wildman–Crippen MR) is 84.3 cm³/mol. The first-order chi connectivity index (χ1) is 10.6. The summed E-state index contributed by atoms with van der Waals surface area (Å²) in [6, 6.07) is 3.51. The molecule has 3 saturated heterocycles. The third kappa shape index (κ3) is 2.65. The predicted octanol–water partition coefficient (Wildman–Crippen LogP) is -2.80. The van der Waals surface area contributed by atoms with Gasteiger partial charge in [0.1, 0.15) is 5.75 Å². The quantitative estimate of drug-likeness (QED) is 0.512. The Labute approximate surface area is 146 Å². The van der Waals surface area contributed by atoms with Crippen LogP contribution in [0.1, 0.15) is 16.8 Å². The Balaban J connectivity index is 0.00000156. The molecule has 3 heterocycles. The summed E-state index contributed by atoms with van der Waals surface area (Å²) < 4.78 is 5.29. The smallest absolute Gasteiger partial charge is 0.255 e. The summed E-state index contributed by atoms with van der Waals surface area (Å²) in [5.41, 5.74) is 6.67. The first-order valence-electron chi connectivity index (χ1n) is 7.84. The highest BCUT2D eigenvalue weighted by Crippen LogP contribution is 2.40. The van der Waals surface area contributed by atoms with Crippen LogP contribution in [0.25, 0.3) is 0 Å². The van der Waals surface area contributed by atoms with E-state index in [2.05, 4.69) is 5.32 Å². The van der Waals surface area contributed by atoms with E-state index in [1.165, 1.54) is 33.2 Å². The van der Waals surface area contributed by atoms with Crippen LogP contribution in [0.3, 0.4) is 0 Å². The van der Waals surface area contributed by atoms with Gasteiger partial charge in [-0.3, -0.25) is 4.79 Å². The lowest BCUT2D eigenvalue weighted by atomic mass is 9.93. The van der Waals surface area contributed by atoms with Crippen molar-refractivity contribution in [2.75, 3.05) is 32.5 Å². The van der Waals surface area contributed by atoms with E-state index in [0.717, 1.165) is 5.92 Å². The van der Waals surface area contributed by atoms with Crippen molar-refractivity contribution in [3.8, 4) is 5.75 Å². The van der Waals surface area contributed by atoms with Gasteiger partial charge >= 0.3 is 0 Å². The SMILES string of the molecule is COc1cc(N)c(Cl)cc1C(=O)N[C@@H]1[C@@H]2C[C@H]3C[NH+](C2)C[C@H]31.[Cl-]. The maximum Gasteiger partial charge on any atom is 0.255 e. The number of quaternary nitrogens is 1. The molecule has 4 bridgehead atoms. The van der Waals surface area contributed by atoms with Crippen LogP contribution >= 0.6 is 11.6 Å². The van der Waals surface area contributed by atoms with Gasteiger partial charge in [-0.1, -0.05) is 11.6 Å². The van der Waals surface area contributed by atoms with Crippen molar-refractivity contribution in [2.45, 2.75) is 12.5 Å². The fourth-order valence-electron chi connectivity index (χ4n) is 4.79. The van der Waals surface area contributed by atoms with Gasteiger partial charge in [0.25, 0.3) is 5.91 Å². The summed E-state index contributed by atoms with van der Waals surface area (Å²) in [6.45, 7) is 3.67. The number of nitrogens with two attached hydrogens (primary N) is 1. The zero-order valence-corrected chi connectivity index (χ0v) is 14.5. The molecule has 1 amide bonds. The molecule has 1 saturated carbocycles. The molecule has 4 fully saturated rings. The highest BCUT2D eigenvalue weighted by Gasteiger charge is 2.56. The van der Waals surface area contributed by atoms with Gasteiger partial charge in [0.2, 0.25) is 0 Å². The third-order valence-corrected chi connectivity index (χ3v) is 5.99. The molecule has 126 valence electrons. The Morgan fingerprint density at radius 1 is 1.35 bits per heavy atom. The van der Waals surface area contributed by atoms with E-state index in [1.807, 2.05) is 0 Å². The summed E-state index contributed by atoms with van der Waals surface area (Å²) in [4.78, 5) is 14.4. The molecule has 0 radical (unpaired) electrons. The highest BCUT2D eigenvalue weighted by atomic mass is 35.5. The molecule has 1 unspecified atom stereocenters. The first kappa shape index (κ1) is 16.7. The molecule has 1 aromatic carbocycles. The van der Waals surface area contributed by atoms with E-state index in [-0.39, 0.29) is 18.3 Å². The zero-order chi connectivity index (χ0) is 15.4. The highest BCUT2D eigenvalue weighted by molar-refractivity contribution is 6.33. The molecule has 5 rings (SSSR count). The molecular weight excluding hydrogens is 337 g/mol. The van der Waals surface area contributed by atoms with E-state index in [0.29, 0.717) is 39.9 Å². The summed E-state index contributed by atoms with van der Waals surface area (Å²) in [5, 5.41) is 3.63. The Kier molecular flexibility index (Phi) is 4.38. The van der Waals surface area contributed by atoms with Crippen LogP contribution in [0.2, 0.25) is 5.02 Å². The summed E-state index contributed by atoms with van der Waals surface area (Å²) in [7, 11) is 1.54. The van der Waals surface area contributed by atoms with Crippen LogP contribution in [0, 0.1) is 17.8 Å². The average molecular weight is 358 g/mol. The minimum absolute atomic E-state index is 0. The van der Waals surface area contributed by atoms with Gasteiger partial charge in [-0.05, 0) is 12.5 Å². The van der Waals surface area contributed by atoms with Crippen molar-refractivity contribution in [3.05, 3.63) is 22.7 Å². The van der Waals surface area contributed by atoms with E-state index in [4.69, 9.17) is 22.1 Å². The molecule has 4 aliphatic rings. The van der Waals surface area contributed by atoms with Crippen molar-refractivity contribution >= 4 is 23.2 Å². The number of amides is 1. The van der Waals surface area contributed by atoms with Crippen molar-refractivity contribution in [1.29, 1.82) is 0 Å². The third-order valence-electron chi connectivity index (χ3n) is 5.67. The minimum atomic E-state index is -0.107. The molecule has 5 atom stereocenters. The Morgan fingerprint density at radius 3 is 2.78 bits per heavy atom. The monoisotopic (exact) mass is 357 g/mol. The second-order valence-corrected chi connectivity index (χ2v) is 7.26. The number of halogens is 2. The number of carbonyl (C=O) groups excluding carboxylic acids is 1. The maximum absolute atomic E-state index is 12.7. The van der Waals surface area contributed by atoms with E-state index >= 15 is 0 Å². The number of benzene rings is 1. The second kappa shape index (κ2) is 6.04. The average Bonchev–Trinajstić information content (AvgIpc) is 2.91. The number of ether oxygens (including phenoxy) is 1. The normalized spacial score (nSPS) is 33.4. The number of piperidine rings is 2. The number of hydrogen-bond donors (Lipinski definition) is 3. The molecule has 23 heavy (non-hydrogen) atoms. The van der Waals surface area contributed by atoms with E-state index < -0.39 is 0 Å². The van der Waals surface area contributed by atoms with Crippen LogP contribution in [0.15, 0.2) is 12.1 Å². The van der Waals surface area contributed by atoms with Crippen LogP contribution in [0.4, 0.5) is 5.69 Å². The second-order valence-electron chi connectivity index (χ2n) is 6.86. The Hall–Kier alpha value is -1.17. The topological polar surface area (TPSA) is 68.8 Å². The summed E-state index contributed by atoms with van der Waals surface area (Å²) >= 11 is 6.07. The standard InChI is InChI=1S/C16H20ClN3O2.ClH/c1-22-14-4-13(18)12(17)3-10(14)16(21)19-15-9-2-8-5-20(6-9)7-11(8)15;/h3-4,8-9,11,15H,2,5-7,18H2,1H3,(H,19,21);1H/t8-,9+,11+,15+;/m0./s1. The van der Waals surface area contributed by atoms with Crippen molar-refractivity contribution in [1.82, 2.24) is 5.32 Å². The summed E-state index contributed by atoms with van der Waals surface area (Å²) in [6.07, 6.45) is 1.26. The number of nitrogens with one attached hydrogen (secondary N) is 2. The van der Waals surface area contributed by atoms with Gasteiger partial charge in [-0.15, -0.1) is 0 Å². The van der Waals surface area contributed by atoms with Gasteiger partial charge in [-0.25, -0.2) is 0 Å². The lowest BCUT2D eigenvalue weighted by Gasteiger charge is -2.32. The number of anilines is 1. The van der Waals surface area contributed by atoms with Crippen LogP contribution in [-0.4, -0.2) is 38.7 Å². The van der Waals surface area contributed by atoms with Crippen molar-refractivity contribution in [2.24, 2.45) is 17.8 Å². The Morgan fingerprint density at radius 2 is 2.09 bits per heavy atom. The Bertz CT molecular complexity index is 636. The molecule has 7 heteroatoms. The number of methoxy groups -OCH3 is 1. The molecule has 1 aromatic rings. The molecule has 3 aliphatic heterocycles.